The SMILES string of the molecule is CC(=O)ON(CCN)c1cccc2ccccc12. The molecule has 0 bridgehead atoms. The maximum atomic E-state index is 11.1. The molecule has 2 aromatic carbocycles. The Balaban J connectivity index is 2.46. The van der Waals surface area contributed by atoms with E-state index >= 15 is 0 Å². The Morgan fingerprint density at radius 1 is 1.22 bits per heavy atom. The molecule has 0 aliphatic heterocycles. The fourth-order valence-electron chi connectivity index (χ4n) is 1.91. The minimum absolute atomic E-state index is 0.351. The highest BCUT2D eigenvalue weighted by Gasteiger charge is 2.12. The lowest BCUT2D eigenvalue weighted by atomic mass is 10.1. The summed E-state index contributed by atoms with van der Waals surface area (Å²) in [6.07, 6.45) is 0. The van der Waals surface area contributed by atoms with Crippen molar-refractivity contribution in [2.45, 2.75) is 6.92 Å². The molecule has 18 heavy (non-hydrogen) atoms. The zero-order chi connectivity index (χ0) is 13.0. The predicted molar refractivity (Wildman–Crippen MR) is 72.1 cm³/mol. The monoisotopic (exact) mass is 244 g/mol. The normalized spacial score (nSPS) is 10.3. The lowest BCUT2D eigenvalue weighted by molar-refractivity contribution is -0.142. The molecule has 0 heterocycles. The minimum Gasteiger partial charge on any atom is -0.341 e. The molecular formula is C14H16N2O2. The molecule has 2 rings (SSSR count). The third-order valence-corrected chi connectivity index (χ3v) is 2.61. The number of nitrogens with two attached hydrogens (primary N) is 1. The molecule has 2 aromatic rings. The van der Waals surface area contributed by atoms with E-state index in [-0.39, 0.29) is 5.97 Å². The van der Waals surface area contributed by atoms with Gasteiger partial charge in [0.15, 0.2) is 0 Å². The van der Waals surface area contributed by atoms with Crippen molar-refractivity contribution in [2.24, 2.45) is 5.73 Å². The molecule has 2 N–H and O–H groups in total. The zero-order valence-corrected chi connectivity index (χ0v) is 10.3. The maximum Gasteiger partial charge on any atom is 0.329 e. The Labute approximate surface area is 106 Å². The first kappa shape index (κ1) is 12.4. The summed E-state index contributed by atoms with van der Waals surface area (Å²) in [7, 11) is 0. The highest BCUT2D eigenvalue weighted by atomic mass is 16.7. The largest absolute Gasteiger partial charge is 0.341 e. The number of anilines is 1. The van der Waals surface area contributed by atoms with Crippen molar-refractivity contribution in [2.75, 3.05) is 18.2 Å². The minimum atomic E-state index is -0.351. The van der Waals surface area contributed by atoms with Gasteiger partial charge in [-0.1, -0.05) is 36.4 Å². The second-order valence-corrected chi connectivity index (χ2v) is 3.97. The van der Waals surface area contributed by atoms with Crippen LogP contribution in [0.3, 0.4) is 0 Å². The second-order valence-electron chi connectivity index (χ2n) is 3.97. The molecule has 0 aromatic heterocycles. The summed E-state index contributed by atoms with van der Waals surface area (Å²) in [6, 6.07) is 13.8. The predicted octanol–water partition coefficient (Wildman–Crippen LogP) is 2.08. The van der Waals surface area contributed by atoms with Crippen LogP contribution >= 0.6 is 0 Å². The van der Waals surface area contributed by atoms with Crippen molar-refractivity contribution in [3.8, 4) is 0 Å². The standard InChI is InChI=1S/C14H16N2O2/c1-11(17)18-16(10-9-15)14-8-4-6-12-5-2-3-7-13(12)14/h2-8H,9-10,15H2,1H3. The third kappa shape index (κ3) is 2.60. The summed E-state index contributed by atoms with van der Waals surface area (Å²) in [6.45, 7) is 2.26. The molecular weight excluding hydrogens is 228 g/mol. The van der Waals surface area contributed by atoms with Gasteiger partial charge in [0.25, 0.3) is 0 Å². The number of carbonyl (C=O) groups is 1. The highest BCUT2D eigenvalue weighted by molar-refractivity contribution is 5.94. The lowest BCUT2D eigenvalue weighted by Crippen LogP contribution is -2.31. The van der Waals surface area contributed by atoms with Crippen molar-refractivity contribution in [1.82, 2.24) is 0 Å². The first-order chi connectivity index (χ1) is 8.72. The van der Waals surface area contributed by atoms with Gasteiger partial charge in [-0.15, -0.1) is 0 Å². The van der Waals surface area contributed by atoms with Crippen molar-refractivity contribution in [3.63, 3.8) is 0 Å². The van der Waals surface area contributed by atoms with Gasteiger partial charge in [0, 0.05) is 18.9 Å². The number of hydrogen-bond acceptors (Lipinski definition) is 4. The van der Waals surface area contributed by atoms with Gasteiger partial charge in [0.1, 0.15) is 0 Å². The summed E-state index contributed by atoms with van der Waals surface area (Å²) >= 11 is 0. The van der Waals surface area contributed by atoms with E-state index in [2.05, 4.69) is 0 Å². The smallest absolute Gasteiger partial charge is 0.329 e. The lowest BCUT2D eigenvalue weighted by Gasteiger charge is -2.23. The summed E-state index contributed by atoms with van der Waals surface area (Å²) in [5.41, 5.74) is 6.41. The van der Waals surface area contributed by atoms with Crippen LogP contribution in [-0.2, 0) is 9.63 Å². The Hall–Kier alpha value is -2.07. The molecule has 0 saturated carbocycles. The molecule has 0 fully saturated rings. The summed E-state index contributed by atoms with van der Waals surface area (Å²) in [4.78, 5) is 16.3. The molecule has 94 valence electrons. The quantitative estimate of drug-likeness (QED) is 0.837. The van der Waals surface area contributed by atoms with Crippen LogP contribution in [0.5, 0.6) is 0 Å². The van der Waals surface area contributed by atoms with Gasteiger partial charge in [0.2, 0.25) is 0 Å². The molecule has 0 radical (unpaired) electrons. The van der Waals surface area contributed by atoms with Gasteiger partial charge >= 0.3 is 5.97 Å². The molecule has 0 aliphatic rings. The Bertz CT molecular complexity index is 549. The Kier molecular flexibility index (Phi) is 3.79. The molecule has 0 aliphatic carbocycles. The molecule has 0 amide bonds. The van der Waals surface area contributed by atoms with E-state index in [9.17, 15) is 4.79 Å². The first-order valence-corrected chi connectivity index (χ1v) is 5.86. The van der Waals surface area contributed by atoms with Crippen molar-refractivity contribution >= 4 is 22.4 Å². The zero-order valence-electron chi connectivity index (χ0n) is 10.3. The number of carbonyl (C=O) groups excluding carboxylic acids is 1. The second kappa shape index (κ2) is 5.51. The number of hydroxylamine groups is 1. The summed E-state index contributed by atoms with van der Waals surface area (Å²) in [5, 5.41) is 3.68. The average Bonchev–Trinajstić information content (AvgIpc) is 2.37. The van der Waals surface area contributed by atoms with Crippen LogP contribution in [0.2, 0.25) is 0 Å². The molecule has 4 heteroatoms. The van der Waals surface area contributed by atoms with E-state index < -0.39 is 0 Å². The van der Waals surface area contributed by atoms with Crippen LogP contribution < -0.4 is 10.8 Å². The van der Waals surface area contributed by atoms with Crippen molar-refractivity contribution in [3.05, 3.63) is 42.5 Å². The van der Waals surface area contributed by atoms with E-state index in [1.54, 1.807) is 5.06 Å². The van der Waals surface area contributed by atoms with Gasteiger partial charge in [-0.05, 0) is 11.5 Å². The molecule has 0 saturated heterocycles. The van der Waals surface area contributed by atoms with E-state index in [0.29, 0.717) is 13.1 Å². The van der Waals surface area contributed by atoms with E-state index in [1.807, 2.05) is 42.5 Å². The highest BCUT2D eigenvalue weighted by Crippen LogP contribution is 2.26. The maximum absolute atomic E-state index is 11.1. The van der Waals surface area contributed by atoms with Crippen LogP contribution in [0, 0.1) is 0 Å². The van der Waals surface area contributed by atoms with Crippen LogP contribution in [0.15, 0.2) is 42.5 Å². The third-order valence-electron chi connectivity index (χ3n) is 2.61. The molecule has 0 atom stereocenters. The van der Waals surface area contributed by atoms with Crippen LogP contribution in [0.1, 0.15) is 6.92 Å². The van der Waals surface area contributed by atoms with E-state index in [0.717, 1.165) is 16.5 Å². The number of fused-ring (bicyclic) bond motifs is 1. The average molecular weight is 244 g/mol. The number of rotatable bonds is 4. The Morgan fingerprint density at radius 2 is 1.94 bits per heavy atom. The fourth-order valence-corrected chi connectivity index (χ4v) is 1.91. The van der Waals surface area contributed by atoms with Crippen LogP contribution in [0.4, 0.5) is 5.69 Å². The topological polar surface area (TPSA) is 55.6 Å². The molecule has 0 unspecified atom stereocenters. The van der Waals surface area contributed by atoms with Crippen molar-refractivity contribution < 1.29 is 9.63 Å². The molecule has 0 spiro atoms. The number of hydrogen-bond donors (Lipinski definition) is 1. The van der Waals surface area contributed by atoms with Gasteiger partial charge in [0.05, 0.1) is 12.2 Å². The summed E-state index contributed by atoms with van der Waals surface area (Å²) < 4.78 is 0. The van der Waals surface area contributed by atoms with Gasteiger partial charge in [-0.25, -0.2) is 5.06 Å². The van der Waals surface area contributed by atoms with Gasteiger partial charge in [-0.2, -0.15) is 0 Å². The fraction of sp³-hybridized carbons (Fsp3) is 0.214. The van der Waals surface area contributed by atoms with Crippen LogP contribution in [0.25, 0.3) is 10.8 Å². The molecule has 4 nitrogen and oxygen atoms in total. The number of nitrogens with zero attached hydrogens (tertiary/aromatic N) is 1. The van der Waals surface area contributed by atoms with Gasteiger partial charge in [-0.3, -0.25) is 4.79 Å². The van der Waals surface area contributed by atoms with Crippen LogP contribution in [-0.4, -0.2) is 19.1 Å². The Morgan fingerprint density at radius 3 is 2.67 bits per heavy atom. The number of benzene rings is 2. The van der Waals surface area contributed by atoms with Crippen molar-refractivity contribution in [1.29, 1.82) is 0 Å². The van der Waals surface area contributed by atoms with Gasteiger partial charge < -0.3 is 10.6 Å². The first-order valence-electron chi connectivity index (χ1n) is 5.86. The van der Waals surface area contributed by atoms with E-state index in [4.69, 9.17) is 10.6 Å². The van der Waals surface area contributed by atoms with E-state index in [1.165, 1.54) is 6.92 Å². The summed E-state index contributed by atoms with van der Waals surface area (Å²) in [5.74, 6) is -0.351.